The van der Waals surface area contributed by atoms with Gasteiger partial charge in [0, 0.05) is 50.4 Å². The van der Waals surface area contributed by atoms with Gasteiger partial charge >= 0.3 is 0 Å². The van der Waals surface area contributed by atoms with Crippen LogP contribution in [0.5, 0.6) is 5.88 Å². The second-order valence-corrected chi connectivity index (χ2v) is 5.58. The van der Waals surface area contributed by atoms with E-state index in [0.29, 0.717) is 18.1 Å². The minimum atomic E-state index is 0.0477. The zero-order chi connectivity index (χ0) is 14.7. The fraction of sp³-hybridized carbons (Fsp3) is 0.600. The highest BCUT2D eigenvalue weighted by Crippen LogP contribution is 2.17. The van der Waals surface area contributed by atoms with E-state index in [0.717, 1.165) is 39.2 Å². The van der Waals surface area contributed by atoms with Crippen LogP contribution in [-0.4, -0.2) is 73.2 Å². The van der Waals surface area contributed by atoms with E-state index in [4.69, 9.17) is 9.47 Å². The lowest BCUT2D eigenvalue weighted by Gasteiger charge is -2.32. The molecular formula is C15H21N3O3. The van der Waals surface area contributed by atoms with E-state index >= 15 is 0 Å². The number of hydrogen-bond donors (Lipinski definition) is 0. The van der Waals surface area contributed by atoms with Crippen molar-refractivity contribution in [2.45, 2.75) is 12.5 Å². The van der Waals surface area contributed by atoms with Crippen LogP contribution < -0.4 is 4.74 Å². The van der Waals surface area contributed by atoms with Crippen molar-refractivity contribution in [2.24, 2.45) is 0 Å². The third kappa shape index (κ3) is 3.51. The maximum absolute atomic E-state index is 12.5. The molecule has 6 heteroatoms. The second-order valence-electron chi connectivity index (χ2n) is 5.58. The lowest BCUT2D eigenvalue weighted by Crippen LogP contribution is -2.47. The summed E-state index contributed by atoms with van der Waals surface area (Å²) in [4.78, 5) is 20.8. The molecular weight excluding hydrogens is 270 g/mol. The van der Waals surface area contributed by atoms with Gasteiger partial charge in [0.05, 0.1) is 13.2 Å². The number of carbonyl (C=O) groups is 1. The highest BCUT2D eigenvalue weighted by atomic mass is 16.5. The van der Waals surface area contributed by atoms with E-state index < -0.39 is 0 Å². The molecule has 1 aromatic heterocycles. The fourth-order valence-electron chi connectivity index (χ4n) is 2.58. The second kappa shape index (κ2) is 6.41. The van der Waals surface area contributed by atoms with E-state index in [9.17, 15) is 4.79 Å². The van der Waals surface area contributed by atoms with E-state index in [1.54, 1.807) is 18.3 Å². The van der Waals surface area contributed by atoms with Crippen molar-refractivity contribution < 1.29 is 14.3 Å². The number of amides is 1. The summed E-state index contributed by atoms with van der Waals surface area (Å²) in [7, 11) is 2.07. The molecule has 2 saturated heterocycles. The van der Waals surface area contributed by atoms with Gasteiger partial charge in [-0.3, -0.25) is 4.79 Å². The average molecular weight is 291 g/mol. The van der Waals surface area contributed by atoms with Crippen LogP contribution in [0, 0.1) is 0 Å². The first-order valence-corrected chi connectivity index (χ1v) is 7.40. The van der Waals surface area contributed by atoms with Crippen molar-refractivity contribution in [3.8, 4) is 5.88 Å². The van der Waals surface area contributed by atoms with Crippen LogP contribution >= 0.6 is 0 Å². The lowest BCUT2D eigenvalue weighted by molar-refractivity contribution is 0.0663. The van der Waals surface area contributed by atoms with Gasteiger partial charge in [0.25, 0.3) is 5.91 Å². The summed E-state index contributed by atoms with van der Waals surface area (Å²) in [5, 5.41) is 0. The quantitative estimate of drug-likeness (QED) is 0.818. The number of piperazine rings is 1. The summed E-state index contributed by atoms with van der Waals surface area (Å²) in [6, 6.07) is 3.48. The molecule has 3 heterocycles. The van der Waals surface area contributed by atoms with Crippen molar-refractivity contribution in [2.75, 3.05) is 46.4 Å². The number of aromatic nitrogens is 1. The van der Waals surface area contributed by atoms with Crippen LogP contribution in [0.1, 0.15) is 16.8 Å². The Morgan fingerprint density at radius 3 is 2.90 bits per heavy atom. The van der Waals surface area contributed by atoms with Gasteiger partial charge in [-0.15, -0.1) is 0 Å². The first kappa shape index (κ1) is 14.3. The molecule has 0 aliphatic carbocycles. The average Bonchev–Trinajstić information content (AvgIpc) is 3.00. The molecule has 0 radical (unpaired) electrons. The number of ether oxygens (including phenoxy) is 2. The lowest BCUT2D eigenvalue weighted by atomic mass is 10.2. The minimum Gasteiger partial charge on any atom is -0.472 e. The van der Waals surface area contributed by atoms with E-state index in [2.05, 4.69) is 16.9 Å². The third-order valence-electron chi connectivity index (χ3n) is 3.95. The molecule has 6 nitrogen and oxygen atoms in total. The Morgan fingerprint density at radius 1 is 1.38 bits per heavy atom. The van der Waals surface area contributed by atoms with Crippen LogP contribution in [0.2, 0.25) is 0 Å². The van der Waals surface area contributed by atoms with Gasteiger partial charge in [0.1, 0.15) is 6.10 Å². The molecule has 1 aromatic rings. The molecule has 0 spiro atoms. The third-order valence-corrected chi connectivity index (χ3v) is 3.95. The molecule has 1 atom stereocenters. The SMILES string of the molecule is CN1CCN(C(=O)c2ccnc(O[C@@H]3CCOC3)c2)CC1. The van der Waals surface area contributed by atoms with Crippen LogP contribution in [0.3, 0.4) is 0 Å². The van der Waals surface area contributed by atoms with Gasteiger partial charge in [-0.2, -0.15) is 0 Å². The molecule has 1 amide bonds. The van der Waals surface area contributed by atoms with Gasteiger partial charge in [0.15, 0.2) is 0 Å². The molecule has 0 N–H and O–H groups in total. The highest BCUT2D eigenvalue weighted by molar-refractivity contribution is 5.94. The van der Waals surface area contributed by atoms with Crippen molar-refractivity contribution >= 4 is 5.91 Å². The number of likely N-dealkylation sites (N-methyl/N-ethyl adjacent to an activating group) is 1. The Balaban J connectivity index is 1.65. The van der Waals surface area contributed by atoms with Crippen molar-refractivity contribution in [3.05, 3.63) is 23.9 Å². The maximum atomic E-state index is 12.5. The zero-order valence-electron chi connectivity index (χ0n) is 12.3. The number of nitrogens with zero attached hydrogens (tertiary/aromatic N) is 3. The summed E-state index contributed by atoms with van der Waals surface area (Å²) >= 11 is 0. The van der Waals surface area contributed by atoms with Crippen molar-refractivity contribution in [1.29, 1.82) is 0 Å². The number of pyridine rings is 1. The molecule has 0 aromatic carbocycles. The number of carbonyl (C=O) groups excluding carboxylic acids is 1. The Labute approximate surface area is 124 Å². The van der Waals surface area contributed by atoms with Gasteiger partial charge in [-0.1, -0.05) is 0 Å². The molecule has 3 rings (SSSR count). The molecule has 0 saturated carbocycles. The van der Waals surface area contributed by atoms with Crippen molar-refractivity contribution in [1.82, 2.24) is 14.8 Å². The van der Waals surface area contributed by atoms with Crippen LogP contribution in [0.4, 0.5) is 0 Å². The van der Waals surface area contributed by atoms with Gasteiger partial charge < -0.3 is 19.3 Å². The Hall–Kier alpha value is -1.66. The topological polar surface area (TPSA) is 54.9 Å². The molecule has 21 heavy (non-hydrogen) atoms. The van der Waals surface area contributed by atoms with Crippen molar-refractivity contribution in [3.63, 3.8) is 0 Å². The fourth-order valence-corrected chi connectivity index (χ4v) is 2.58. The van der Waals surface area contributed by atoms with Gasteiger partial charge in [0.2, 0.25) is 5.88 Å². The summed E-state index contributed by atoms with van der Waals surface area (Å²) in [6.45, 7) is 4.69. The van der Waals surface area contributed by atoms with E-state index in [1.807, 2.05) is 4.90 Å². The van der Waals surface area contributed by atoms with E-state index in [-0.39, 0.29) is 12.0 Å². The Morgan fingerprint density at radius 2 is 2.19 bits per heavy atom. The standard InChI is InChI=1S/C15H21N3O3/c1-17-5-7-18(8-6-17)15(19)12-2-4-16-14(10-12)21-13-3-9-20-11-13/h2,4,10,13H,3,5-9,11H2,1H3/t13-/m1/s1. The normalized spacial score (nSPS) is 23.3. The molecule has 0 unspecified atom stereocenters. The summed E-state index contributed by atoms with van der Waals surface area (Å²) < 4.78 is 11.0. The zero-order valence-corrected chi connectivity index (χ0v) is 12.3. The summed E-state index contributed by atoms with van der Waals surface area (Å²) in [5.41, 5.74) is 0.642. The van der Waals surface area contributed by atoms with Gasteiger partial charge in [-0.25, -0.2) is 4.98 Å². The first-order chi connectivity index (χ1) is 10.2. The monoisotopic (exact) mass is 291 g/mol. The molecule has 2 aliphatic rings. The summed E-state index contributed by atoms with van der Waals surface area (Å²) in [6.07, 6.45) is 2.55. The predicted octanol–water partition coefficient (Wildman–Crippen LogP) is 0.637. The maximum Gasteiger partial charge on any atom is 0.254 e. The predicted molar refractivity (Wildman–Crippen MR) is 77.5 cm³/mol. The smallest absolute Gasteiger partial charge is 0.254 e. The number of rotatable bonds is 3. The molecule has 0 bridgehead atoms. The molecule has 2 aliphatic heterocycles. The Bertz CT molecular complexity index is 495. The summed E-state index contributed by atoms with van der Waals surface area (Å²) in [5.74, 6) is 0.559. The number of hydrogen-bond acceptors (Lipinski definition) is 5. The van der Waals surface area contributed by atoms with Crippen LogP contribution in [-0.2, 0) is 4.74 Å². The highest BCUT2D eigenvalue weighted by Gasteiger charge is 2.22. The minimum absolute atomic E-state index is 0.0477. The largest absolute Gasteiger partial charge is 0.472 e. The van der Waals surface area contributed by atoms with Crippen LogP contribution in [0.25, 0.3) is 0 Å². The van der Waals surface area contributed by atoms with Gasteiger partial charge in [-0.05, 0) is 13.1 Å². The molecule has 2 fully saturated rings. The first-order valence-electron chi connectivity index (χ1n) is 7.40. The van der Waals surface area contributed by atoms with E-state index in [1.165, 1.54) is 0 Å². The van der Waals surface area contributed by atoms with Crippen LogP contribution in [0.15, 0.2) is 18.3 Å². The Kier molecular flexibility index (Phi) is 4.36. The molecule has 114 valence electrons.